The molecule has 3 aromatic carbocycles. The third-order valence-electron chi connectivity index (χ3n) is 3.67. The van der Waals surface area contributed by atoms with Gasteiger partial charge in [0, 0.05) is 28.9 Å². The number of carbonyl (C=O) groups is 2. The van der Waals surface area contributed by atoms with Gasteiger partial charge in [0.05, 0.1) is 4.92 Å². The zero-order valence-corrected chi connectivity index (χ0v) is 14.0. The number of anilines is 1. The van der Waals surface area contributed by atoms with Gasteiger partial charge in [-0.15, -0.1) is 0 Å². The summed E-state index contributed by atoms with van der Waals surface area (Å²) in [5, 5.41) is 13.2. The zero-order chi connectivity index (χ0) is 19.2. The Morgan fingerprint density at radius 1 is 0.852 bits per heavy atom. The van der Waals surface area contributed by atoms with E-state index in [9.17, 15) is 19.7 Å². The van der Waals surface area contributed by atoms with Crippen LogP contribution < -0.4 is 10.1 Å². The molecule has 7 heteroatoms. The number of carbonyl (C=O) groups excluding carboxylic acids is 2. The van der Waals surface area contributed by atoms with Gasteiger partial charge < -0.3 is 4.74 Å². The van der Waals surface area contributed by atoms with Crippen molar-refractivity contribution in [2.75, 3.05) is 5.32 Å². The number of hydrogen-bond acceptors (Lipinski definition) is 5. The maximum Gasteiger partial charge on any atom is 0.417 e. The van der Waals surface area contributed by atoms with Crippen molar-refractivity contribution in [1.82, 2.24) is 0 Å². The molecule has 0 saturated carbocycles. The van der Waals surface area contributed by atoms with E-state index in [1.165, 1.54) is 24.3 Å². The molecule has 3 aromatic rings. The second kappa shape index (κ2) is 7.92. The van der Waals surface area contributed by atoms with Gasteiger partial charge in [0.15, 0.2) is 5.78 Å². The van der Waals surface area contributed by atoms with Gasteiger partial charge in [-0.3, -0.25) is 20.2 Å². The highest BCUT2D eigenvalue weighted by Gasteiger charge is 2.11. The van der Waals surface area contributed by atoms with Gasteiger partial charge in [0.25, 0.3) is 5.69 Å². The van der Waals surface area contributed by atoms with Crippen LogP contribution in [-0.4, -0.2) is 16.8 Å². The summed E-state index contributed by atoms with van der Waals surface area (Å²) in [7, 11) is 0. The lowest BCUT2D eigenvalue weighted by molar-refractivity contribution is -0.384. The van der Waals surface area contributed by atoms with Crippen molar-refractivity contribution in [3.8, 4) is 5.75 Å². The van der Waals surface area contributed by atoms with E-state index in [2.05, 4.69) is 5.32 Å². The van der Waals surface area contributed by atoms with Crippen LogP contribution in [0.25, 0.3) is 0 Å². The maximum absolute atomic E-state index is 12.5. The third-order valence-corrected chi connectivity index (χ3v) is 3.67. The molecule has 3 rings (SSSR count). The van der Waals surface area contributed by atoms with Crippen molar-refractivity contribution in [3.63, 3.8) is 0 Å². The van der Waals surface area contributed by atoms with Crippen molar-refractivity contribution in [2.45, 2.75) is 0 Å². The highest BCUT2D eigenvalue weighted by Crippen LogP contribution is 2.19. The molecule has 134 valence electrons. The van der Waals surface area contributed by atoms with Crippen molar-refractivity contribution in [1.29, 1.82) is 0 Å². The molecule has 0 radical (unpaired) electrons. The minimum Gasteiger partial charge on any atom is -0.410 e. The minimum absolute atomic E-state index is 0.102. The fourth-order valence-corrected chi connectivity index (χ4v) is 2.38. The molecule has 1 amide bonds. The first-order valence-corrected chi connectivity index (χ1v) is 7.96. The van der Waals surface area contributed by atoms with Gasteiger partial charge in [-0.05, 0) is 24.3 Å². The van der Waals surface area contributed by atoms with Crippen LogP contribution in [0.2, 0.25) is 0 Å². The zero-order valence-electron chi connectivity index (χ0n) is 14.0. The number of non-ortho nitro benzene ring substituents is 1. The van der Waals surface area contributed by atoms with E-state index in [1.54, 1.807) is 48.5 Å². The molecule has 0 aliphatic heterocycles. The minimum atomic E-state index is -0.770. The monoisotopic (exact) mass is 362 g/mol. The van der Waals surface area contributed by atoms with Crippen molar-refractivity contribution in [3.05, 3.63) is 100 Å². The Hall–Kier alpha value is -4.00. The number of nitrogens with one attached hydrogen (secondary N) is 1. The molecule has 1 N–H and O–H groups in total. The summed E-state index contributed by atoms with van der Waals surface area (Å²) in [6.45, 7) is 0. The number of ether oxygens (including phenoxy) is 1. The molecule has 0 aliphatic rings. The number of amides is 1. The normalized spacial score (nSPS) is 10.1. The Morgan fingerprint density at radius 3 is 2.19 bits per heavy atom. The Balaban J connectivity index is 1.68. The van der Waals surface area contributed by atoms with E-state index in [0.29, 0.717) is 16.8 Å². The van der Waals surface area contributed by atoms with Crippen LogP contribution in [-0.2, 0) is 0 Å². The van der Waals surface area contributed by atoms with Gasteiger partial charge >= 0.3 is 6.09 Å². The Kier molecular flexibility index (Phi) is 5.22. The summed E-state index contributed by atoms with van der Waals surface area (Å²) in [6.07, 6.45) is -0.770. The van der Waals surface area contributed by atoms with Gasteiger partial charge in [-0.25, -0.2) is 4.79 Å². The summed E-state index contributed by atoms with van der Waals surface area (Å²) < 4.78 is 5.08. The third kappa shape index (κ3) is 4.55. The summed E-state index contributed by atoms with van der Waals surface area (Å²) in [4.78, 5) is 34.5. The predicted molar refractivity (Wildman–Crippen MR) is 99.1 cm³/mol. The Morgan fingerprint density at radius 2 is 1.52 bits per heavy atom. The van der Waals surface area contributed by atoms with Crippen LogP contribution in [0.15, 0.2) is 78.9 Å². The molecule has 0 heterocycles. The molecule has 0 fully saturated rings. The highest BCUT2D eigenvalue weighted by molar-refractivity contribution is 6.09. The summed E-state index contributed by atoms with van der Waals surface area (Å²) in [6, 6.07) is 20.4. The van der Waals surface area contributed by atoms with E-state index in [0.717, 1.165) is 0 Å². The second-order valence-electron chi connectivity index (χ2n) is 5.54. The molecule has 0 aliphatic carbocycles. The fourth-order valence-electron chi connectivity index (χ4n) is 2.38. The van der Waals surface area contributed by atoms with Crippen LogP contribution in [0, 0.1) is 10.1 Å². The molecule has 27 heavy (non-hydrogen) atoms. The van der Waals surface area contributed by atoms with Crippen molar-refractivity contribution in [2.24, 2.45) is 0 Å². The van der Waals surface area contributed by atoms with Crippen LogP contribution in [0.4, 0.5) is 16.2 Å². The van der Waals surface area contributed by atoms with Crippen LogP contribution in [0.3, 0.4) is 0 Å². The van der Waals surface area contributed by atoms with Gasteiger partial charge in [-0.1, -0.05) is 42.5 Å². The number of rotatable bonds is 5. The molecule has 0 atom stereocenters. The smallest absolute Gasteiger partial charge is 0.410 e. The summed E-state index contributed by atoms with van der Waals surface area (Å²) in [5.74, 6) is -0.00222. The largest absolute Gasteiger partial charge is 0.417 e. The van der Waals surface area contributed by atoms with Crippen LogP contribution in [0.5, 0.6) is 5.75 Å². The number of ketones is 1. The summed E-state index contributed by atoms with van der Waals surface area (Å²) >= 11 is 0. The first-order chi connectivity index (χ1) is 13.0. The van der Waals surface area contributed by atoms with Crippen LogP contribution >= 0.6 is 0 Å². The van der Waals surface area contributed by atoms with Gasteiger partial charge in [0.1, 0.15) is 5.75 Å². The molecule has 0 bridgehead atoms. The number of nitro benzene ring substituents is 1. The Labute approximate surface area is 154 Å². The quantitative estimate of drug-likeness (QED) is 0.411. The number of nitro groups is 1. The lowest BCUT2D eigenvalue weighted by atomic mass is 10.0. The lowest BCUT2D eigenvalue weighted by Crippen LogP contribution is -2.17. The first kappa shape index (κ1) is 17.8. The Bertz CT molecular complexity index is 985. The van der Waals surface area contributed by atoms with Crippen LogP contribution in [0.1, 0.15) is 15.9 Å². The predicted octanol–water partition coefficient (Wildman–Crippen LogP) is 4.44. The molecule has 0 spiro atoms. The summed E-state index contributed by atoms with van der Waals surface area (Å²) in [5.41, 5.74) is 1.26. The van der Waals surface area contributed by atoms with Crippen molar-refractivity contribution < 1.29 is 19.2 Å². The van der Waals surface area contributed by atoms with Gasteiger partial charge in [-0.2, -0.15) is 0 Å². The molecular formula is C20H14N2O5. The van der Waals surface area contributed by atoms with Gasteiger partial charge in [0.2, 0.25) is 0 Å². The average Bonchev–Trinajstić information content (AvgIpc) is 2.68. The maximum atomic E-state index is 12.5. The van der Waals surface area contributed by atoms with E-state index in [-0.39, 0.29) is 17.2 Å². The first-order valence-electron chi connectivity index (χ1n) is 7.96. The number of hydrogen-bond donors (Lipinski definition) is 1. The fraction of sp³-hybridized carbons (Fsp3) is 0. The molecule has 0 aromatic heterocycles. The van der Waals surface area contributed by atoms with Crippen molar-refractivity contribution >= 4 is 23.3 Å². The average molecular weight is 362 g/mol. The highest BCUT2D eigenvalue weighted by atomic mass is 16.6. The SMILES string of the molecule is O=C(Nc1cccc(C(=O)c2ccccc2)c1)Oc1ccc([N+](=O)[O-])cc1. The standard InChI is InChI=1S/C20H14N2O5/c23-19(14-5-2-1-3-6-14)15-7-4-8-16(13-15)21-20(24)27-18-11-9-17(10-12-18)22(25)26/h1-13H,(H,21,24). The topological polar surface area (TPSA) is 98.5 Å². The molecule has 0 saturated heterocycles. The second-order valence-corrected chi connectivity index (χ2v) is 5.54. The molecule has 0 unspecified atom stereocenters. The van der Waals surface area contributed by atoms with E-state index >= 15 is 0 Å². The van der Waals surface area contributed by atoms with E-state index < -0.39 is 11.0 Å². The molecule has 7 nitrogen and oxygen atoms in total. The number of benzene rings is 3. The number of nitrogens with zero attached hydrogens (tertiary/aromatic N) is 1. The van der Waals surface area contributed by atoms with E-state index in [4.69, 9.17) is 4.74 Å². The lowest BCUT2D eigenvalue weighted by Gasteiger charge is -2.08. The van der Waals surface area contributed by atoms with E-state index in [1.807, 2.05) is 6.07 Å². The molecular weight excluding hydrogens is 348 g/mol.